The average molecular weight is 346 g/mol. The topological polar surface area (TPSA) is 65.6 Å². The van der Waals surface area contributed by atoms with Crippen LogP contribution in [0.2, 0.25) is 0 Å². The zero-order chi connectivity index (χ0) is 17.6. The molecular formula is C19H23FN2O3. The van der Waals surface area contributed by atoms with Gasteiger partial charge in [0.2, 0.25) is 5.91 Å². The number of likely N-dealkylation sites (tertiary alicyclic amines) is 1. The molecule has 3 heterocycles. The lowest BCUT2D eigenvalue weighted by molar-refractivity contribution is -0.130. The summed E-state index contributed by atoms with van der Waals surface area (Å²) in [7, 11) is 0. The Balaban J connectivity index is 1.57. The van der Waals surface area contributed by atoms with Crippen molar-refractivity contribution in [3.63, 3.8) is 0 Å². The van der Waals surface area contributed by atoms with Crippen LogP contribution in [0.1, 0.15) is 17.7 Å². The number of hydrogen-bond donors (Lipinski definition) is 2. The number of halogens is 1. The van der Waals surface area contributed by atoms with Crippen LogP contribution in [0.15, 0.2) is 18.2 Å². The molecule has 2 saturated heterocycles. The molecule has 2 aliphatic rings. The molecule has 5 nitrogen and oxygen atoms in total. The van der Waals surface area contributed by atoms with Gasteiger partial charge >= 0.3 is 0 Å². The van der Waals surface area contributed by atoms with Gasteiger partial charge < -0.3 is 19.7 Å². The number of nitrogens with zero attached hydrogens (tertiary/aromatic N) is 1. The van der Waals surface area contributed by atoms with Gasteiger partial charge in [-0.25, -0.2) is 4.39 Å². The number of hydrogen-bond acceptors (Lipinski definition) is 3. The van der Waals surface area contributed by atoms with E-state index in [-0.39, 0.29) is 36.1 Å². The second-order valence-electron chi connectivity index (χ2n) is 7.41. The molecule has 6 heteroatoms. The van der Waals surface area contributed by atoms with Crippen LogP contribution in [0.3, 0.4) is 0 Å². The normalized spacial score (nSPS) is 26.2. The first kappa shape index (κ1) is 16.5. The predicted octanol–water partition coefficient (Wildman–Crippen LogP) is 2.02. The van der Waals surface area contributed by atoms with Gasteiger partial charge in [-0.3, -0.25) is 4.79 Å². The van der Waals surface area contributed by atoms with E-state index in [0.717, 1.165) is 28.6 Å². The number of aliphatic hydroxyl groups is 1. The van der Waals surface area contributed by atoms with Crippen LogP contribution in [0, 0.1) is 24.1 Å². The summed E-state index contributed by atoms with van der Waals surface area (Å²) in [5, 5.41) is 10.7. The minimum absolute atomic E-state index is 0.0236. The summed E-state index contributed by atoms with van der Waals surface area (Å²) >= 11 is 0. The number of ether oxygens (including phenoxy) is 1. The fraction of sp³-hybridized carbons (Fsp3) is 0.526. The van der Waals surface area contributed by atoms with Crippen LogP contribution in [0.5, 0.6) is 0 Å². The van der Waals surface area contributed by atoms with Gasteiger partial charge in [0, 0.05) is 47.6 Å². The second-order valence-corrected chi connectivity index (χ2v) is 7.41. The van der Waals surface area contributed by atoms with E-state index in [1.54, 1.807) is 6.07 Å². The lowest BCUT2D eigenvalue weighted by Crippen LogP contribution is -2.41. The number of carbonyl (C=O) groups excluding carboxylic acids is 1. The monoisotopic (exact) mass is 346 g/mol. The fourth-order valence-corrected chi connectivity index (χ4v) is 4.34. The van der Waals surface area contributed by atoms with Gasteiger partial charge in [0.1, 0.15) is 5.82 Å². The van der Waals surface area contributed by atoms with Crippen molar-refractivity contribution in [2.75, 3.05) is 32.9 Å². The Morgan fingerprint density at radius 3 is 3.12 bits per heavy atom. The molecule has 1 amide bonds. The molecule has 1 aromatic heterocycles. The first-order valence-electron chi connectivity index (χ1n) is 8.75. The van der Waals surface area contributed by atoms with Gasteiger partial charge in [-0.1, -0.05) is 0 Å². The van der Waals surface area contributed by atoms with Crippen LogP contribution < -0.4 is 0 Å². The van der Waals surface area contributed by atoms with E-state index in [2.05, 4.69) is 4.98 Å². The summed E-state index contributed by atoms with van der Waals surface area (Å²) in [6, 6.07) is 4.60. The van der Waals surface area contributed by atoms with Crippen molar-refractivity contribution in [1.82, 2.24) is 9.88 Å². The Labute approximate surface area is 145 Å². The Morgan fingerprint density at radius 1 is 1.52 bits per heavy atom. The van der Waals surface area contributed by atoms with E-state index in [9.17, 15) is 14.3 Å². The zero-order valence-corrected chi connectivity index (χ0v) is 14.3. The van der Waals surface area contributed by atoms with Gasteiger partial charge in [0.15, 0.2) is 0 Å². The number of amides is 1. The van der Waals surface area contributed by atoms with Crippen LogP contribution >= 0.6 is 0 Å². The van der Waals surface area contributed by atoms with Gasteiger partial charge in [0.05, 0.1) is 19.6 Å². The summed E-state index contributed by atoms with van der Waals surface area (Å²) in [6.45, 7) is 4.43. The third-order valence-corrected chi connectivity index (χ3v) is 5.95. The van der Waals surface area contributed by atoms with Crippen molar-refractivity contribution in [3.05, 3.63) is 35.3 Å². The van der Waals surface area contributed by atoms with E-state index < -0.39 is 0 Å². The van der Waals surface area contributed by atoms with Crippen LogP contribution in [-0.2, 0) is 16.0 Å². The Kier molecular flexibility index (Phi) is 4.04. The molecule has 0 saturated carbocycles. The van der Waals surface area contributed by atoms with Gasteiger partial charge in [-0.2, -0.15) is 0 Å². The average Bonchev–Trinajstić information content (AvgIpc) is 3.14. The molecule has 0 radical (unpaired) electrons. The highest BCUT2D eigenvalue weighted by Crippen LogP contribution is 2.42. The quantitative estimate of drug-likeness (QED) is 0.894. The molecule has 134 valence electrons. The Morgan fingerprint density at radius 2 is 2.36 bits per heavy atom. The van der Waals surface area contributed by atoms with E-state index in [1.165, 1.54) is 12.1 Å². The molecule has 2 aromatic rings. The van der Waals surface area contributed by atoms with Crippen molar-refractivity contribution < 1.29 is 19.0 Å². The highest BCUT2D eigenvalue weighted by atomic mass is 19.1. The molecular weight excluding hydrogens is 323 g/mol. The number of aromatic amines is 1. The number of benzene rings is 1. The van der Waals surface area contributed by atoms with Gasteiger partial charge in [0.25, 0.3) is 0 Å². The number of fused-ring (bicyclic) bond motifs is 2. The van der Waals surface area contributed by atoms with Crippen molar-refractivity contribution in [2.24, 2.45) is 11.3 Å². The standard InChI is InChI=1S/C19H23FN2O3/c1-12-15(16-6-14(20)2-3-17(16)21-12)7-18(24)22-8-13-9-25-5-4-19(13,10-22)11-23/h2-3,6,13,21,23H,4-5,7-11H2,1H3/t13-,19-/m1/s1. The Bertz CT molecular complexity index is 818. The molecule has 0 spiro atoms. The van der Waals surface area contributed by atoms with E-state index in [1.807, 2.05) is 11.8 Å². The SMILES string of the molecule is Cc1[nH]c2ccc(F)cc2c1CC(=O)N1C[C@@H]2COCC[C@]2(CO)C1. The fourth-order valence-electron chi connectivity index (χ4n) is 4.34. The van der Waals surface area contributed by atoms with E-state index >= 15 is 0 Å². The summed E-state index contributed by atoms with van der Waals surface area (Å²) in [4.78, 5) is 18.0. The van der Waals surface area contributed by atoms with Crippen LogP contribution in [0.25, 0.3) is 10.9 Å². The highest BCUT2D eigenvalue weighted by Gasteiger charge is 2.49. The van der Waals surface area contributed by atoms with E-state index in [0.29, 0.717) is 26.3 Å². The third kappa shape index (κ3) is 2.73. The van der Waals surface area contributed by atoms with Gasteiger partial charge in [-0.05, 0) is 37.1 Å². The molecule has 0 aliphatic carbocycles. The second kappa shape index (κ2) is 6.11. The molecule has 1 aromatic carbocycles. The summed E-state index contributed by atoms with van der Waals surface area (Å²) < 4.78 is 19.1. The van der Waals surface area contributed by atoms with Crippen LogP contribution in [-0.4, -0.2) is 53.8 Å². The van der Waals surface area contributed by atoms with Crippen molar-refractivity contribution >= 4 is 16.8 Å². The number of rotatable bonds is 3. The molecule has 0 bridgehead atoms. The predicted molar refractivity (Wildman–Crippen MR) is 91.7 cm³/mol. The number of aromatic nitrogens is 1. The molecule has 2 N–H and O–H groups in total. The number of carbonyl (C=O) groups is 1. The first-order valence-corrected chi connectivity index (χ1v) is 8.75. The summed E-state index contributed by atoms with van der Waals surface area (Å²) in [5.74, 6) is -0.0871. The smallest absolute Gasteiger partial charge is 0.227 e. The highest BCUT2D eigenvalue weighted by molar-refractivity contribution is 5.90. The molecule has 4 rings (SSSR count). The summed E-state index contributed by atoms with van der Waals surface area (Å²) in [5.41, 5.74) is 2.36. The minimum atomic E-state index is -0.302. The Hall–Kier alpha value is -1.92. The number of aliphatic hydroxyl groups excluding tert-OH is 1. The lowest BCUT2D eigenvalue weighted by Gasteiger charge is -2.36. The van der Waals surface area contributed by atoms with Crippen molar-refractivity contribution in [1.29, 1.82) is 0 Å². The van der Waals surface area contributed by atoms with Crippen molar-refractivity contribution in [3.8, 4) is 0 Å². The lowest BCUT2D eigenvalue weighted by atomic mass is 9.75. The first-order chi connectivity index (χ1) is 12.0. The van der Waals surface area contributed by atoms with Crippen LogP contribution in [0.4, 0.5) is 4.39 Å². The maximum absolute atomic E-state index is 13.6. The zero-order valence-electron chi connectivity index (χ0n) is 14.3. The minimum Gasteiger partial charge on any atom is -0.396 e. The maximum Gasteiger partial charge on any atom is 0.227 e. The molecule has 2 fully saturated rings. The van der Waals surface area contributed by atoms with Gasteiger partial charge in [-0.15, -0.1) is 0 Å². The summed E-state index contributed by atoms with van der Waals surface area (Å²) in [6.07, 6.45) is 1.03. The molecule has 2 aliphatic heterocycles. The van der Waals surface area contributed by atoms with Crippen molar-refractivity contribution in [2.45, 2.75) is 19.8 Å². The number of nitrogens with one attached hydrogen (secondary N) is 1. The number of H-pyrrole nitrogens is 1. The van der Waals surface area contributed by atoms with E-state index in [4.69, 9.17) is 4.74 Å². The molecule has 25 heavy (non-hydrogen) atoms. The maximum atomic E-state index is 13.6. The third-order valence-electron chi connectivity index (χ3n) is 5.95. The largest absolute Gasteiger partial charge is 0.396 e. The molecule has 0 unspecified atom stereocenters. The molecule has 2 atom stereocenters. The number of aryl methyl sites for hydroxylation is 1.